The average molecular weight is 274 g/mol. The zero-order chi connectivity index (χ0) is 14.2. The first kappa shape index (κ1) is 13.6. The molecule has 1 aromatic carbocycles. The molecule has 7 heteroatoms. The van der Waals surface area contributed by atoms with Crippen molar-refractivity contribution in [2.75, 3.05) is 13.2 Å². The fourth-order valence-corrected chi connectivity index (χ4v) is 1.40. The Labute approximate surface area is 115 Å². The number of benzene rings is 1. The monoisotopic (exact) mass is 274 g/mol. The first-order valence-corrected chi connectivity index (χ1v) is 5.90. The van der Waals surface area contributed by atoms with Gasteiger partial charge in [0, 0.05) is 0 Å². The van der Waals surface area contributed by atoms with Crippen LogP contribution in [0.3, 0.4) is 0 Å². The number of oxime groups is 1. The molecule has 1 heterocycles. The molecule has 0 fully saturated rings. The van der Waals surface area contributed by atoms with Gasteiger partial charge in [-0.1, -0.05) is 23.4 Å². The van der Waals surface area contributed by atoms with Crippen LogP contribution >= 0.6 is 0 Å². The smallest absolute Gasteiger partial charge is 0.232 e. The highest BCUT2D eigenvalue weighted by Crippen LogP contribution is 2.08. The Morgan fingerprint density at radius 3 is 2.50 bits per heavy atom. The summed E-state index contributed by atoms with van der Waals surface area (Å²) in [6, 6.07) is 9.44. The van der Waals surface area contributed by atoms with Gasteiger partial charge >= 0.3 is 0 Å². The Morgan fingerprint density at radius 2 is 1.85 bits per heavy atom. The average Bonchev–Trinajstić information content (AvgIpc) is 2.52. The predicted octanol–water partition coefficient (Wildman–Crippen LogP) is 1.03. The molecule has 0 radical (unpaired) electrons. The summed E-state index contributed by atoms with van der Waals surface area (Å²) in [5, 5.41) is 11.3. The Hall–Kier alpha value is -2.83. The summed E-state index contributed by atoms with van der Waals surface area (Å²) in [7, 11) is 0. The predicted molar refractivity (Wildman–Crippen MR) is 72.0 cm³/mol. The molecule has 0 unspecified atom stereocenters. The number of nitrogens with zero attached hydrogens (tertiary/aromatic N) is 3. The first-order valence-electron chi connectivity index (χ1n) is 5.90. The van der Waals surface area contributed by atoms with Crippen molar-refractivity contribution >= 4 is 5.84 Å². The lowest BCUT2D eigenvalue weighted by atomic mass is 10.3. The molecule has 0 amide bonds. The molecule has 0 saturated carbocycles. The van der Waals surface area contributed by atoms with E-state index in [-0.39, 0.29) is 11.5 Å². The summed E-state index contributed by atoms with van der Waals surface area (Å²) >= 11 is 0. The molecule has 0 aliphatic rings. The summed E-state index contributed by atoms with van der Waals surface area (Å²) in [5.74, 6) is 1.03. The van der Waals surface area contributed by atoms with E-state index >= 15 is 0 Å². The molecule has 7 nitrogen and oxygen atoms in total. The quantitative estimate of drug-likeness (QED) is 0.268. The minimum absolute atomic E-state index is 0.100. The molecule has 104 valence electrons. The molecule has 2 aromatic rings. The van der Waals surface area contributed by atoms with Crippen LogP contribution in [0.4, 0.5) is 0 Å². The highest BCUT2D eigenvalue weighted by atomic mass is 16.5. The minimum Gasteiger partial charge on any atom is -0.490 e. The van der Waals surface area contributed by atoms with E-state index in [1.54, 1.807) is 0 Å². The highest BCUT2D eigenvalue weighted by Gasteiger charge is 2.02. The van der Waals surface area contributed by atoms with Crippen LogP contribution in [0.15, 0.2) is 47.9 Å². The number of hydrogen-bond donors (Lipinski definition) is 2. The lowest BCUT2D eigenvalue weighted by Gasteiger charge is -2.07. The van der Waals surface area contributed by atoms with E-state index in [2.05, 4.69) is 15.1 Å². The lowest BCUT2D eigenvalue weighted by Crippen LogP contribution is -2.16. The molecule has 20 heavy (non-hydrogen) atoms. The standard InChI is InChI=1S/C13H14N4O3/c14-13(17-18)11-8-16-12(9-15-11)20-7-6-19-10-4-2-1-3-5-10/h1-5,8-9,18H,6-7H2,(H2,14,17). The molecule has 0 saturated heterocycles. The summed E-state index contributed by atoms with van der Waals surface area (Å²) in [6.45, 7) is 0.736. The van der Waals surface area contributed by atoms with Crippen LogP contribution in [0.2, 0.25) is 0 Å². The fourth-order valence-electron chi connectivity index (χ4n) is 1.40. The molecule has 0 spiro atoms. The van der Waals surface area contributed by atoms with Gasteiger partial charge in [0.05, 0.1) is 12.4 Å². The Kier molecular flexibility index (Phi) is 4.71. The molecule has 0 bridgehead atoms. The number of para-hydroxylation sites is 1. The lowest BCUT2D eigenvalue weighted by molar-refractivity contribution is 0.211. The van der Waals surface area contributed by atoms with E-state index in [4.69, 9.17) is 20.4 Å². The zero-order valence-corrected chi connectivity index (χ0v) is 10.6. The van der Waals surface area contributed by atoms with Crippen molar-refractivity contribution in [1.29, 1.82) is 0 Å². The van der Waals surface area contributed by atoms with Gasteiger partial charge in [0.2, 0.25) is 5.88 Å². The van der Waals surface area contributed by atoms with Crippen molar-refractivity contribution in [2.24, 2.45) is 10.9 Å². The number of aromatic nitrogens is 2. The van der Waals surface area contributed by atoms with Crippen LogP contribution in [-0.2, 0) is 0 Å². The normalized spacial score (nSPS) is 11.1. The summed E-state index contributed by atoms with van der Waals surface area (Å²) in [5.41, 5.74) is 5.65. The molecule has 1 aromatic heterocycles. The van der Waals surface area contributed by atoms with Crippen LogP contribution in [0.5, 0.6) is 11.6 Å². The summed E-state index contributed by atoms with van der Waals surface area (Å²) in [4.78, 5) is 7.92. The number of ether oxygens (including phenoxy) is 2. The van der Waals surface area contributed by atoms with Gasteiger partial charge in [-0.25, -0.2) is 9.97 Å². The van der Waals surface area contributed by atoms with Gasteiger partial charge in [-0.15, -0.1) is 0 Å². The maximum Gasteiger partial charge on any atom is 0.232 e. The van der Waals surface area contributed by atoms with Crippen molar-refractivity contribution in [2.45, 2.75) is 0 Å². The molecule has 3 N–H and O–H groups in total. The Morgan fingerprint density at radius 1 is 1.10 bits per heavy atom. The zero-order valence-electron chi connectivity index (χ0n) is 10.6. The second-order valence-electron chi connectivity index (χ2n) is 3.74. The van der Waals surface area contributed by atoms with E-state index in [0.717, 1.165) is 5.75 Å². The molecule has 0 atom stereocenters. The third-order valence-electron chi connectivity index (χ3n) is 2.34. The molecular weight excluding hydrogens is 260 g/mol. The topological polar surface area (TPSA) is 103 Å². The summed E-state index contributed by atoms with van der Waals surface area (Å²) < 4.78 is 10.8. The van der Waals surface area contributed by atoms with Gasteiger partial charge in [-0.3, -0.25) is 0 Å². The van der Waals surface area contributed by atoms with Crippen LogP contribution in [0.1, 0.15) is 5.69 Å². The molecule has 0 aliphatic carbocycles. The molecular formula is C13H14N4O3. The number of amidine groups is 1. The van der Waals surface area contributed by atoms with Crippen LogP contribution in [0, 0.1) is 0 Å². The SMILES string of the molecule is NC(=NO)c1cnc(OCCOc2ccccc2)cn1. The largest absolute Gasteiger partial charge is 0.490 e. The van der Waals surface area contributed by atoms with Gasteiger partial charge < -0.3 is 20.4 Å². The van der Waals surface area contributed by atoms with E-state index in [0.29, 0.717) is 19.1 Å². The van der Waals surface area contributed by atoms with Gasteiger partial charge in [0.15, 0.2) is 5.84 Å². The van der Waals surface area contributed by atoms with Gasteiger partial charge in [-0.2, -0.15) is 0 Å². The van der Waals surface area contributed by atoms with Crippen molar-refractivity contribution in [1.82, 2.24) is 9.97 Å². The van der Waals surface area contributed by atoms with Crippen molar-refractivity contribution in [3.05, 3.63) is 48.4 Å². The third kappa shape index (κ3) is 3.84. The summed E-state index contributed by atoms with van der Waals surface area (Å²) in [6.07, 6.45) is 2.76. The maximum absolute atomic E-state index is 8.49. The van der Waals surface area contributed by atoms with E-state index in [9.17, 15) is 0 Å². The van der Waals surface area contributed by atoms with Gasteiger partial charge in [0.25, 0.3) is 0 Å². The first-order chi connectivity index (χ1) is 9.79. The second-order valence-corrected chi connectivity index (χ2v) is 3.74. The Bertz CT molecular complexity index is 558. The van der Waals surface area contributed by atoms with Crippen molar-refractivity contribution < 1.29 is 14.7 Å². The van der Waals surface area contributed by atoms with E-state index < -0.39 is 0 Å². The second kappa shape index (κ2) is 6.93. The molecule has 0 aliphatic heterocycles. The number of hydrogen-bond acceptors (Lipinski definition) is 6. The minimum atomic E-state index is -0.100. The highest BCUT2D eigenvalue weighted by molar-refractivity contribution is 5.94. The van der Waals surface area contributed by atoms with E-state index in [1.165, 1.54) is 12.4 Å². The van der Waals surface area contributed by atoms with Crippen molar-refractivity contribution in [3.8, 4) is 11.6 Å². The van der Waals surface area contributed by atoms with Gasteiger partial charge in [0.1, 0.15) is 24.7 Å². The number of rotatable bonds is 6. The van der Waals surface area contributed by atoms with Crippen molar-refractivity contribution in [3.63, 3.8) is 0 Å². The number of nitrogens with two attached hydrogens (primary N) is 1. The van der Waals surface area contributed by atoms with E-state index in [1.807, 2.05) is 30.3 Å². The third-order valence-corrected chi connectivity index (χ3v) is 2.34. The van der Waals surface area contributed by atoms with Gasteiger partial charge in [-0.05, 0) is 12.1 Å². The van der Waals surface area contributed by atoms with Crippen LogP contribution in [0.25, 0.3) is 0 Å². The van der Waals surface area contributed by atoms with Crippen LogP contribution < -0.4 is 15.2 Å². The molecule has 2 rings (SSSR count). The fraction of sp³-hybridized carbons (Fsp3) is 0.154. The maximum atomic E-state index is 8.49. The van der Waals surface area contributed by atoms with Crippen LogP contribution in [-0.4, -0.2) is 34.2 Å². The Balaban J connectivity index is 1.77.